The predicted octanol–water partition coefficient (Wildman–Crippen LogP) is 10.7. The Morgan fingerprint density at radius 2 is 1.02 bits per heavy atom. The summed E-state index contributed by atoms with van der Waals surface area (Å²) >= 11 is 0. The van der Waals surface area contributed by atoms with Gasteiger partial charge in [-0.25, -0.2) is 15.0 Å². The smallest absolute Gasteiger partial charge is 0.175 e. The zero-order valence-corrected chi connectivity index (χ0v) is 31.7. The molecule has 10 rings (SSSR count). The van der Waals surface area contributed by atoms with Crippen molar-refractivity contribution in [1.29, 1.82) is 0 Å². The van der Waals surface area contributed by atoms with E-state index < -0.39 is 8.07 Å². The van der Waals surface area contributed by atoms with Crippen molar-refractivity contribution in [2.45, 2.75) is 12.8 Å². The summed E-state index contributed by atoms with van der Waals surface area (Å²) in [6.45, 7) is 0. The second kappa shape index (κ2) is 14.4. The summed E-state index contributed by atoms with van der Waals surface area (Å²) in [4.78, 5) is 15.6. The first-order valence-electron chi connectivity index (χ1n) is 19.2. The molecule has 0 atom stereocenters. The van der Waals surface area contributed by atoms with Crippen molar-refractivity contribution in [3.63, 3.8) is 0 Å². The second-order valence-electron chi connectivity index (χ2n) is 14.2. The monoisotopic (exact) mass is 735 g/mol. The predicted molar refractivity (Wildman–Crippen MR) is 233 cm³/mol. The van der Waals surface area contributed by atoms with E-state index in [2.05, 4.69) is 164 Å². The number of nitrogens with zero attached hydrogens (tertiary/aromatic N) is 3. The molecule has 0 radical (unpaired) electrons. The summed E-state index contributed by atoms with van der Waals surface area (Å²) in [5, 5.41) is 7.63. The Morgan fingerprint density at radius 1 is 0.446 bits per heavy atom. The van der Waals surface area contributed by atoms with E-state index in [4.69, 9.17) is 19.4 Å². The molecule has 1 aliphatic carbocycles. The van der Waals surface area contributed by atoms with E-state index in [1.54, 1.807) is 0 Å². The number of rotatable bonds is 8. The molecule has 9 aromatic rings. The van der Waals surface area contributed by atoms with Gasteiger partial charge in [-0.3, -0.25) is 0 Å². The highest BCUT2D eigenvalue weighted by atomic mass is 28.3. The Bertz CT molecular complexity index is 2860. The van der Waals surface area contributed by atoms with Gasteiger partial charge < -0.3 is 4.42 Å². The molecule has 56 heavy (non-hydrogen) atoms. The van der Waals surface area contributed by atoms with Crippen LogP contribution < -0.4 is 15.6 Å². The SMILES string of the molecule is C1=CCCC([Si](c2ccccc2)(c2ccccc2)c2ccc(-c3nc(-c4cccc(-c5ccccc5)c4)nc(-c4cccc5oc6ccccc6c45)n3)cc2)=C1. The van der Waals surface area contributed by atoms with Crippen LogP contribution in [0.1, 0.15) is 12.8 Å². The minimum absolute atomic E-state index is 0.604. The second-order valence-corrected chi connectivity index (χ2v) is 18.1. The highest BCUT2D eigenvalue weighted by Crippen LogP contribution is 2.37. The lowest BCUT2D eigenvalue weighted by atomic mass is 10.0. The van der Waals surface area contributed by atoms with Gasteiger partial charge >= 0.3 is 0 Å². The molecule has 266 valence electrons. The molecule has 2 aromatic heterocycles. The molecule has 0 bridgehead atoms. The first kappa shape index (κ1) is 33.6. The Balaban J connectivity index is 1.17. The molecule has 7 aromatic carbocycles. The number of benzene rings is 7. The van der Waals surface area contributed by atoms with Crippen LogP contribution >= 0.6 is 0 Å². The largest absolute Gasteiger partial charge is 0.456 e. The molecule has 2 heterocycles. The number of fused-ring (bicyclic) bond motifs is 3. The Hall–Kier alpha value is -6.95. The Kier molecular flexibility index (Phi) is 8.62. The van der Waals surface area contributed by atoms with E-state index in [0.29, 0.717) is 17.5 Å². The van der Waals surface area contributed by atoms with Gasteiger partial charge in [0.1, 0.15) is 11.2 Å². The van der Waals surface area contributed by atoms with Gasteiger partial charge in [0.15, 0.2) is 25.5 Å². The van der Waals surface area contributed by atoms with Crippen LogP contribution in [-0.2, 0) is 0 Å². The summed E-state index contributed by atoms with van der Waals surface area (Å²) in [6, 6.07) is 64.4. The van der Waals surface area contributed by atoms with Crippen LogP contribution in [-0.4, -0.2) is 23.0 Å². The fourth-order valence-electron chi connectivity index (χ4n) is 8.40. The van der Waals surface area contributed by atoms with Crippen LogP contribution in [0.3, 0.4) is 0 Å². The van der Waals surface area contributed by atoms with Crippen molar-refractivity contribution < 1.29 is 4.42 Å². The highest BCUT2D eigenvalue weighted by Gasteiger charge is 2.42. The van der Waals surface area contributed by atoms with Gasteiger partial charge in [-0.1, -0.05) is 187 Å². The van der Waals surface area contributed by atoms with Crippen LogP contribution in [0.5, 0.6) is 0 Å². The fraction of sp³-hybridized carbons (Fsp3) is 0.0392. The number of hydrogen-bond donors (Lipinski definition) is 0. The first-order chi connectivity index (χ1) is 27.8. The topological polar surface area (TPSA) is 51.8 Å². The lowest BCUT2D eigenvalue weighted by Gasteiger charge is -2.37. The highest BCUT2D eigenvalue weighted by molar-refractivity contribution is 7.16. The maximum absolute atomic E-state index is 6.30. The lowest BCUT2D eigenvalue weighted by molar-refractivity contribution is 0.669. The van der Waals surface area contributed by atoms with Crippen molar-refractivity contribution in [2.75, 3.05) is 0 Å². The quantitative estimate of drug-likeness (QED) is 0.115. The molecule has 0 saturated heterocycles. The lowest BCUT2D eigenvalue weighted by Crippen LogP contribution is -2.68. The van der Waals surface area contributed by atoms with Gasteiger partial charge in [-0.2, -0.15) is 0 Å². The number of hydrogen-bond acceptors (Lipinski definition) is 4. The zero-order valence-electron chi connectivity index (χ0n) is 30.7. The number of allylic oxidation sites excluding steroid dienone is 4. The number of furan rings is 1. The van der Waals surface area contributed by atoms with Gasteiger partial charge in [-0.15, -0.1) is 0 Å². The van der Waals surface area contributed by atoms with Gasteiger partial charge in [-0.05, 0) is 57.7 Å². The van der Waals surface area contributed by atoms with Gasteiger partial charge in [0, 0.05) is 27.5 Å². The normalized spacial score (nSPS) is 12.9. The van der Waals surface area contributed by atoms with E-state index in [0.717, 1.165) is 62.6 Å². The third-order valence-corrected chi connectivity index (χ3v) is 16.0. The Labute approximate surface area is 327 Å². The molecule has 0 amide bonds. The maximum atomic E-state index is 6.30. The zero-order chi connectivity index (χ0) is 37.3. The molecule has 0 spiro atoms. The minimum atomic E-state index is -2.62. The third-order valence-electron chi connectivity index (χ3n) is 11.0. The van der Waals surface area contributed by atoms with Crippen molar-refractivity contribution in [3.05, 3.63) is 205 Å². The summed E-state index contributed by atoms with van der Waals surface area (Å²) in [5.74, 6) is 1.85. The molecular formula is C51H37N3OSi. The molecule has 0 unspecified atom stereocenters. The Morgan fingerprint density at radius 3 is 1.73 bits per heavy atom. The van der Waals surface area contributed by atoms with Crippen molar-refractivity contribution in [1.82, 2.24) is 15.0 Å². The third kappa shape index (κ3) is 5.90. The summed E-state index contributed by atoms with van der Waals surface area (Å²) < 4.78 is 6.30. The average molecular weight is 736 g/mol. The maximum Gasteiger partial charge on any atom is 0.175 e. The molecule has 0 fully saturated rings. The molecule has 0 N–H and O–H groups in total. The van der Waals surface area contributed by atoms with Gasteiger partial charge in [0.25, 0.3) is 0 Å². The standard InChI is InChI=1S/C51H37N3OSi/c1-5-17-36(18-6-1)38-19-15-20-39(35-38)50-52-49(53-51(54-50)45-28-16-30-47-48(45)44-27-13-14-29-46(44)55-47)37-31-33-43(34-32-37)56(40-21-7-2-8-22-40,41-23-9-3-10-24-41)42-25-11-4-12-26-42/h1-11,13-25,27-35H,12,26H2. The molecule has 0 aliphatic heterocycles. The van der Waals surface area contributed by atoms with E-state index in [1.165, 1.54) is 20.8 Å². The van der Waals surface area contributed by atoms with E-state index >= 15 is 0 Å². The molecule has 4 nitrogen and oxygen atoms in total. The number of para-hydroxylation sites is 1. The van der Waals surface area contributed by atoms with Crippen molar-refractivity contribution in [3.8, 4) is 45.3 Å². The first-order valence-corrected chi connectivity index (χ1v) is 21.2. The van der Waals surface area contributed by atoms with Crippen LogP contribution in [0.25, 0.3) is 67.2 Å². The summed E-state index contributed by atoms with van der Waals surface area (Å²) in [5.41, 5.74) is 6.65. The molecule has 1 aliphatic rings. The van der Waals surface area contributed by atoms with Crippen molar-refractivity contribution >= 4 is 45.6 Å². The molecule has 5 heteroatoms. The van der Waals surface area contributed by atoms with Gasteiger partial charge in [0.05, 0.1) is 0 Å². The summed E-state index contributed by atoms with van der Waals surface area (Å²) in [7, 11) is -2.62. The van der Waals surface area contributed by atoms with Crippen LogP contribution in [0.15, 0.2) is 210 Å². The van der Waals surface area contributed by atoms with E-state index in [1.807, 2.05) is 36.4 Å². The van der Waals surface area contributed by atoms with Crippen molar-refractivity contribution in [2.24, 2.45) is 0 Å². The minimum Gasteiger partial charge on any atom is -0.456 e. The van der Waals surface area contributed by atoms with Crippen LogP contribution in [0.2, 0.25) is 0 Å². The molecule has 0 saturated carbocycles. The molecular weight excluding hydrogens is 699 g/mol. The van der Waals surface area contributed by atoms with Gasteiger partial charge in [0.2, 0.25) is 0 Å². The van der Waals surface area contributed by atoms with Crippen LogP contribution in [0, 0.1) is 0 Å². The van der Waals surface area contributed by atoms with E-state index in [9.17, 15) is 0 Å². The fourth-order valence-corrected chi connectivity index (χ4v) is 13.4. The van der Waals surface area contributed by atoms with E-state index in [-0.39, 0.29) is 0 Å². The number of aromatic nitrogens is 3. The summed E-state index contributed by atoms with van der Waals surface area (Å²) in [6.07, 6.45) is 8.97. The average Bonchev–Trinajstić information content (AvgIpc) is 3.67. The van der Waals surface area contributed by atoms with Crippen LogP contribution in [0.4, 0.5) is 0 Å².